The third-order valence-electron chi connectivity index (χ3n) is 3.40. The molecule has 108 valence electrons. The lowest BCUT2D eigenvalue weighted by Crippen LogP contribution is -2.38. The molecule has 1 aromatic heterocycles. The van der Waals surface area contributed by atoms with E-state index in [2.05, 4.69) is 10.0 Å². The van der Waals surface area contributed by atoms with Crippen molar-refractivity contribution in [3.05, 3.63) is 23.7 Å². The zero-order valence-electron chi connectivity index (χ0n) is 11.5. The first-order chi connectivity index (χ1) is 8.96. The molecule has 5 nitrogen and oxygen atoms in total. The molecule has 0 aromatic carbocycles. The molecular formula is C13H22N2O3S. The van der Waals surface area contributed by atoms with Gasteiger partial charge < -0.3 is 9.73 Å². The van der Waals surface area contributed by atoms with Crippen LogP contribution in [0.3, 0.4) is 0 Å². The summed E-state index contributed by atoms with van der Waals surface area (Å²) in [6, 6.07) is 3.32. The maximum absolute atomic E-state index is 12.1. The lowest BCUT2D eigenvalue weighted by molar-refractivity contribution is 0.399. The maximum Gasteiger partial charge on any atom is 0.212 e. The van der Waals surface area contributed by atoms with Crippen LogP contribution in [0.5, 0.6) is 0 Å². The predicted molar refractivity (Wildman–Crippen MR) is 74.4 cm³/mol. The van der Waals surface area contributed by atoms with Gasteiger partial charge in [0.05, 0.1) is 11.8 Å². The third-order valence-corrected chi connectivity index (χ3v) is 5.02. The van der Waals surface area contributed by atoms with Gasteiger partial charge in [0.15, 0.2) is 0 Å². The van der Waals surface area contributed by atoms with Crippen molar-refractivity contribution in [3.8, 4) is 0 Å². The molecule has 0 saturated carbocycles. The summed E-state index contributed by atoms with van der Waals surface area (Å²) in [6.07, 6.45) is 2.02. The Morgan fingerprint density at radius 3 is 2.89 bits per heavy atom. The molecule has 2 unspecified atom stereocenters. The highest BCUT2D eigenvalue weighted by molar-refractivity contribution is 7.89. The molecule has 1 aliphatic rings. The number of hydrogen-bond donors (Lipinski definition) is 2. The van der Waals surface area contributed by atoms with Crippen molar-refractivity contribution < 1.29 is 12.8 Å². The van der Waals surface area contributed by atoms with Crippen molar-refractivity contribution in [2.24, 2.45) is 5.92 Å². The molecule has 6 heteroatoms. The summed E-state index contributed by atoms with van der Waals surface area (Å²) >= 11 is 0. The van der Waals surface area contributed by atoms with Gasteiger partial charge in [-0.05, 0) is 57.8 Å². The van der Waals surface area contributed by atoms with Gasteiger partial charge in [-0.15, -0.1) is 0 Å². The lowest BCUT2D eigenvalue weighted by Gasteiger charge is -2.23. The second-order valence-corrected chi connectivity index (χ2v) is 7.08. The minimum atomic E-state index is -3.27. The summed E-state index contributed by atoms with van der Waals surface area (Å²) in [4.78, 5) is 0. The van der Waals surface area contributed by atoms with E-state index in [1.165, 1.54) is 0 Å². The highest BCUT2D eigenvalue weighted by atomic mass is 32.2. The van der Waals surface area contributed by atoms with Crippen LogP contribution in [0.4, 0.5) is 0 Å². The normalized spacial score (nSPS) is 22.3. The van der Waals surface area contributed by atoms with Gasteiger partial charge in [0, 0.05) is 0 Å². The summed E-state index contributed by atoms with van der Waals surface area (Å²) < 4.78 is 32.3. The Morgan fingerprint density at radius 2 is 2.32 bits per heavy atom. The molecule has 0 aliphatic carbocycles. The van der Waals surface area contributed by atoms with E-state index in [0.29, 0.717) is 5.76 Å². The van der Waals surface area contributed by atoms with Gasteiger partial charge >= 0.3 is 0 Å². The minimum absolute atomic E-state index is 0.185. The van der Waals surface area contributed by atoms with Crippen LogP contribution < -0.4 is 10.0 Å². The molecular weight excluding hydrogens is 264 g/mol. The second-order valence-electron chi connectivity index (χ2n) is 5.28. The standard InChI is InChI=1S/C13H22N2O3S/c1-10-5-6-13(18-10)11(2)15-19(16,17)9-12-4-3-7-14-8-12/h5-6,11-12,14-15H,3-4,7-9H2,1-2H3. The van der Waals surface area contributed by atoms with Crippen molar-refractivity contribution in [3.63, 3.8) is 0 Å². The fourth-order valence-electron chi connectivity index (χ4n) is 2.44. The van der Waals surface area contributed by atoms with Crippen molar-refractivity contribution in [2.75, 3.05) is 18.8 Å². The Hall–Kier alpha value is -0.850. The number of nitrogens with one attached hydrogen (secondary N) is 2. The van der Waals surface area contributed by atoms with E-state index in [9.17, 15) is 8.42 Å². The zero-order valence-corrected chi connectivity index (χ0v) is 12.3. The van der Waals surface area contributed by atoms with Crippen LogP contribution in [0.15, 0.2) is 16.5 Å². The number of hydrogen-bond acceptors (Lipinski definition) is 4. The van der Waals surface area contributed by atoms with E-state index in [1.54, 1.807) is 6.92 Å². The molecule has 1 aromatic rings. The van der Waals surface area contributed by atoms with E-state index in [1.807, 2.05) is 19.1 Å². The first-order valence-electron chi connectivity index (χ1n) is 6.73. The summed E-state index contributed by atoms with van der Waals surface area (Å²) in [5.74, 6) is 1.83. The van der Waals surface area contributed by atoms with Crippen LogP contribution in [0.2, 0.25) is 0 Å². The van der Waals surface area contributed by atoms with Crippen molar-refractivity contribution >= 4 is 10.0 Å². The van der Waals surface area contributed by atoms with Crippen LogP contribution in [0.25, 0.3) is 0 Å². The molecule has 1 fully saturated rings. The number of aryl methyl sites for hydroxylation is 1. The Kier molecular flexibility index (Phi) is 4.65. The molecule has 2 rings (SSSR count). The lowest BCUT2D eigenvalue weighted by atomic mass is 10.0. The van der Waals surface area contributed by atoms with Gasteiger partial charge in [-0.25, -0.2) is 13.1 Å². The molecule has 1 aliphatic heterocycles. The summed E-state index contributed by atoms with van der Waals surface area (Å²) in [5.41, 5.74) is 0. The molecule has 2 N–H and O–H groups in total. The molecule has 0 amide bonds. The van der Waals surface area contributed by atoms with Gasteiger partial charge in [-0.2, -0.15) is 0 Å². The quantitative estimate of drug-likeness (QED) is 0.862. The van der Waals surface area contributed by atoms with Crippen LogP contribution in [-0.4, -0.2) is 27.3 Å². The van der Waals surface area contributed by atoms with E-state index in [-0.39, 0.29) is 17.7 Å². The van der Waals surface area contributed by atoms with E-state index in [4.69, 9.17) is 4.42 Å². The number of furan rings is 1. The average molecular weight is 286 g/mol. The smallest absolute Gasteiger partial charge is 0.212 e. The first kappa shape index (κ1) is 14.6. The molecule has 19 heavy (non-hydrogen) atoms. The Bertz CT molecular complexity index is 504. The van der Waals surface area contributed by atoms with Crippen LogP contribution in [-0.2, 0) is 10.0 Å². The second kappa shape index (κ2) is 6.07. The molecule has 1 saturated heterocycles. The topological polar surface area (TPSA) is 71.3 Å². The third kappa shape index (κ3) is 4.33. The van der Waals surface area contributed by atoms with E-state index >= 15 is 0 Å². The van der Waals surface area contributed by atoms with Crippen molar-refractivity contribution in [1.82, 2.24) is 10.0 Å². The minimum Gasteiger partial charge on any atom is -0.465 e. The zero-order chi connectivity index (χ0) is 13.9. The maximum atomic E-state index is 12.1. The Morgan fingerprint density at radius 1 is 1.53 bits per heavy atom. The van der Waals surface area contributed by atoms with Crippen LogP contribution in [0, 0.1) is 12.8 Å². The van der Waals surface area contributed by atoms with Gasteiger partial charge in [-0.3, -0.25) is 0 Å². The largest absolute Gasteiger partial charge is 0.465 e. The number of piperidine rings is 1. The predicted octanol–water partition coefficient (Wildman–Crippen LogP) is 1.57. The SMILES string of the molecule is Cc1ccc(C(C)NS(=O)(=O)CC2CCCNC2)o1. The number of rotatable bonds is 5. The number of sulfonamides is 1. The molecule has 0 radical (unpaired) electrons. The molecule has 2 atom stereocenters. The molecule has 2 heterocycles. The Labute approximate surface area is 114 Å². The highest BCUT2D eigenvalue weighted by Gasteiger charge is 2.23. The monoisotopic (exact) mass is 286 g/mol. The van der Waals surface area contributed by atoms with Gasteiger partial charge in [0.25, 0.3) is 0 Å². The molecule has 0 spiro atoms. The van der Waals surface area contributed by atoms with Crippen LogP contribution in [0.1, 0.15) is 37.3 Å². The average Bonchev–Trinajstić information content (AvgIpc) is 2.76. The van der Waals surface area contributed by atoms with Crippen molar-refractivity contribution in [1.29, 1.82) is 0 Å². The summed E-state index contributed by atoms with van der Waals surface area (Å²) in [7, 11) is -3.27. The van der Waals surface area contributed by atoms with Crippen molar-refractivity contribution in [2.45, 2.75) is 32.7 Å². The first-order valence-corrected chi connectivity index (χ1v) is 8.38. The summed E-state index contributed by atoms with van der Waals surface area (Å²) in [5, 5.41) is 3.24. The van der Waals surface area contributed by atoms with E-state index < -0.39 is 10.0 Å². The molecule has 0 bridgehead atoms. The van der Waals surface area contributed by atoms with E-state index in [0.717, 1.165) is 31.7 Å². The summed E-state index contributed by atoms with van der Waals surface area (Å²) in [6.45, 7) is 5.43. The van der Waals surface area contributed by atoms with Gasteiger partial charge in [0.2, 0.25) is 10.0 Å². The Balaban J connectivity index is 1.92. The highest BCUT2D eigenvalue weighted by Crippen LogP contribution is 2.18. The van der Waals surface area contributed by atoms with Crippen LogP contribution >= 0.6 is 0 Å². The fraction of sp³-hybridized carbons (Fsp3) is 0.692. The van der Waals surface area contributed by atoms with Gasteiger partial charge in [0.1, 0.15) is 11.5 Å². The fourth-order valence-corrected chi connectivity index (χ4v) is 4.09. The van der Waals surface area contributed by atoms with Gasteiger partial charge in [-0.1, -0.05) is 0 Å².